The topological polar surface area (TPSA) is 125 Å². The number of amides is 1. The number of nitrogens with zero attached hydrogens (tertiary/aromatic N) is 5. The molecule has 3 N–H and O–H groups in total. The Morgan fingerprint density at radius 3 is 2.90 bits per heavy atom. The molecule has 0 fully saturated rings. The molecule has 0 aromatic carbocycles. The summed E-state index contributed by atoms with van der Waals surface area (Å²) in [5.74, 6) is 0.586. The zero-order chi connectivity index (χ0) is 19.8. The quantitative estimate of drug-likeness (QED) is 0.436. The second-order valence-corrected chi connectivity index (χ2v) is 6.53. The summed E-state index contributed by atoms with van der Waals surface area (Å²) in [7, 11) is 0. The van der Waals surface area contributed by atoms with E-state index in [0.29, 0.717) is 23.6 Å². The molecule has 5 aromatic heterocycles. The zero-order valence-electron chi connectivity index (χ0n) is 15.5. The molecule has 9 nitrogen and oxygen atoms in total. The maximum atomic E-state index is 11.7. The van der Waals surface area contributed by atoms with E-state index in [4.69, 9.17) is 0 Å². The Labute approximate surface area is 164 Å². The highest BCUT2D eigenvalue weighted by Crippen LogP contribution is 2.29. The van der Waals surface area contributed by atoms with E-state index in [1.807, 2.05) is 18.2 Å². The fraction of sp³-hybridized carbons (Fsp3) is 0.100. The van der Waals surface area contributed by atoms with Gasteiger partial charge in [-0.25, -0.2) is 4.98 Å². The van der Waals surface area contributed by atoms with Crippen LogP contribution < -0.4 is 5.32 Å². The van der Waals surface area contributed by atoms with Crippen LogP contribution in [0.15, 0.2) is 49.2 Å². The number of pyridine rings is 3. The van der Waals surface area contributed by atoms with Gasteiger partial charge in [-0.2, -0.15) is 5.10 Å². The van der Waals surface area contributed by atoms with Gasteiger partial charge in [-0.3, -0.25) is 24.8 Å². The highest BCUT2D eigenvalue weighted by atomic mass is 16.1. The second kappa shape index (κ2) is 6.79. The van der Waals surface area contributed by atoms with Crippen LogP contribution in [0.4, 0.5) is 5.69 Å². The Hall–Kier alpha value is -4.14. The lowest BCUT2D eigenvalue weighted by Crippen LogP contribution is -2.09. The van der Waals surface area contributed by atoms with Crippen molar-refractivity contribution >= 4 is 33.5 Å². The van der Waals surface area contributed by atoms with Gasteiger partial charge >= 0.3 is 0 Å². The molecule has 5 heterocycles. The van der Waals surface area contributed by atoms with Gasteiger partial charge < -0.3 is 10.3 Å². The minimum Gasteiger partial charge on any atom is -0.335 e. The minimum absolute atomic E-state index is 0.0659. The molecule has 0 saturated heterocycles. The Bertz CT molecular complexity index is 1320. The third-order valence-corrected chi connectivity index (χ3v) is 4.59. The molecule has 0 radical (unpaired) electrons. The van der Waals surface area contributed by atoms with E-state index in [-0.39, 0.29) is 5.91 Å². The summed E-state index contributed by atoms with van der Waals surface area (Å²) in [6, 6.07) is 5.63. The number of carbonyl (C=O) groups is 1. The van der Waals surface area contributed by atoms with Gasteiger partial charge in [0.1, 0.15) is 5.69 Å². The van der Waals surface area contributed by atoms with E-state index in [1.54, 1.807) is 37.9 Å². The fourth-order valence-electron chi connectivity index (χ4n) is 3.12. The fourth-order valence-corrected chi connectivity index (χ4v) is 3.12. The summed E-state index contributed by atoms with van der Waals surface area (Å²) >= 11 is 0. The van der Waals surface area contributed by atoms with Gasteiger partial charge in [-0.05, 0) is 18.2 Å². The van der Waals surface area contributed by atoms with Crippen LogP contribution in [0.2, 0.25) is 0 Å². The predicted octanol–water partition coefficient (Wildman–Crippen LogP) is 3.31. The van der Waals surface area contributed by atoms with E-state index in [0.717, 1.165) is 33.2 Å². The number of nitrogens with one attached hydrogen (secondary N) is 3. The number of rotatable bonds is 4. The summed E-state index contributed by atoms with van der Waals surface area (Å²) in [6.07, 6.45) is 8.89. The van der Waals surface area contributed by atoms with Crippen LogP contribution in [0.3, 0.4) is 0 Å². The molecule has 142 valence electrons. The Kier molecular flexibility index (Phi) is 3.98. The first-order valence-corrected chi connectivity index (χ1v) is 9.11. The number of aromatic nitrogens is 7. The SMILES string of the molecule is CCC(=O)Nc1cncc(-c2cc3c(-c4nc5ccncc5[nH]4)n[nH]c3cn2)c1. The van der Waals surface area contributed by atoms with Crippen molar-refractivity contribution in [2.45, 2.75) is 13.3 Å². The van der Waals surface area contributed by atoms with Crippen molar-refractivity contribution in [3.63, 3.8) is 0 Å². The summed E-state index contributed by atoms with van der Waals surface area (Å²) in [4.78, 5) is 32.4. The maximum Gasteiger partial charge on any atom is 0.224 e. The van der Waals surface area contributed by atoms with E-state index in [1.165, 1.54) is 0 Å². The molecule has 0 aliphatic rings. The largest absolute Gasteiger partial charge is 0.335 e. The van der Waals surface area contributed by atoms with Gasteiger partial charge in [0.15, 0.2) is 5.82 Å². The van der Waals surface area contributed by atoms with Gasteiger partial charge in [0.25, 0.3) is 0 Å². The van der Waals surface area contributed by atoms with Crippen molar-refractivity contribution in [3.05, 3.63) is 49.2 Å². The van der Waals surface area contributed by atoms with Crippen LogP contribution in [0.25, 0.3) is 44.7 Å². The third-order valence-electron chi connectivity index (χ3n) is 4.59. The highest BCUT2D eigenvalue weighted by Gasteiger charge is 2.14. The first-order chi connectivity index (χ1) is 14.2. The first kappa shape index (κ1) is 17.0. The molecule has 0 aliphatic heterocycles. The van der Waals surface area contributed by atoms with Crippen molar-refractivity contribution < 1.29 is 4.79 Å². The lowest BCUT2D eigenvalue weighted by molar-refractivity contribution is -0.115. The van der Waals surface area contributed by atoms with Crippen molar-refractivity contribution in [2.75, 3.05) is 5.32 Å². The molecule has 0 bridgehead atoms. The van der Waals surface area contributed by atoms with Gasteiger partial charge in [-0.1, -0.05) is 6.92 Å². The van der Waals surface area contributed by atoms with E-state index in [2.05, 4.69) is 40.4 Å². The van der Waals surface area contributed by atoms with Gasteiger partial charge in [0.05, 0.1) is 46.5 Å². The number of hydrogen-bond donors (Lipinski definition) is 3. The zero-order valence-corrected chi connectivity index (χ0v) is 15.5. The van der Waals surface area contributed by atoms with Crippen LogP contribution >= 0.6 is 0 Å². The number of carbonyl (C=O) groups excluding carboxylic acids is 1. The molecule has 9 heteroatoms. The average molecular weight is 384 g/mol. The summed E-state index contributed by atoms with van der Waals surface area (Å²) < 4.78 is 0. The van der Waals surface area contributed by atoms with Crippen LogP contribution in [-0.2, 0) is 4.79 Å². The standard InChI is InChI=1S/C20H16N8O/c1-2-18(29)24-12-5-11(7-22-8-12)15-6-13-16(10-23-15)27-28-19(13)20-25-14-3-4-21-9-17(14)26-20/h3-10H,2H2,1H3,(H,24,29)(H,25,26)(H,27,28). The number of anilines is 1. The van der Waals surface area contributed by atoms with Crippen molar-refractivity contribution in [1.82, 2.24) is 35.1 Å². The maximum absolute atomic E-state index is 11.7. The lowest BCUT2D eigenvalue weighted by atomic mass is 10.1. The number of fused-ring (bicyclic) bond motifs is 2. The van der Waals surface area contributed by atoms with Gasteiger partial charge in [0, 0.05) is 29.8 Å². The molecular weight excluding hydrogens is 368 g/mol. The summed E-state index contributed by atoms with van der Waals surface area (Å²) in [6.45, 7) is 1.80. The van der Waals surface area contributed by atoms with Gasteiger partial charge in [-0.15, -0.1) is 0 Å². The monoisotopic (exact) mass is 384 g/mol. The Morgan fingerprint density at radius 1 is 1.10 bits per heavy atom. The smallest absolute Gasteiger partial charge is 0.224 e. The normalized spacial score (nSPS) is 11.2. The molecule has 5 rings (SSSR count). The molecule has 0 spiro atoms. The van der Waals surface area contributed by atoms with Crippen molar-refractivity contribution in [1.29, 1.82) is 0 Å². The molecular formula is C20H16N8O. The Balaban J connectivity index is 1.58. The van der Waals surface area contributed by atoms with Crippen LogP contribution in [0, 0.1) is 0 Å². The average Bonchev–Trinajstić information content (AvgIpc) is 3.37. The number of aromatic amines is 2. The van der Waals surface area contributed by atoms with Crippen LogP contribution in [0.1, 0.15) is 13.3 Å². The van der Waals surface area contributed by atoms with Crippen molar-refractivity contribution in [3.8, 4) is 22.8 Å². The first-order valence-electron chi connectivity index (χ1n) is 9.11. The van der Waals surface area contributed by atoms with Crippen molar-refractivity contribution in [2.24, 2.45) is 0 Å². The molecule has 0 aliphatic carbocycles. The molecule has 0 unspecified atom stereocenters. The van der Waals surface area contributed by atoms with Gasteiger partial charge in [0.2, 0.25) is 5.91 Å². The molecule has 5 aromatic rings. The highest BCUT2D eigenvalue weighted by molar-refractivity contribution is 5.95. The number of hydrogen-bond acceptors (Lipinski definition) is 6. The molecule has 29 heavy (non-hydrogen) atoms. The summed E-state index contributed by atoms with van der Waals surface area (Å²) in [5.41, 5.74) is 5.31. The van der Waals surface area contributed by atoms with E-state index < -0.39 is 0 Å². The molecule has 0 saturated carbocycles. The van der Waals surface area contributed by atoms with E-state index >= 15 is 0 Å². The number of H-pyrrole nitrogens is 2. The third kappa shape index (κ3) is 3.08. The second-order valence-electron chi connectivity index (χ2n) is 6.53. The lowest BCUT2D eigenvalue weighted by Gasteiger charge is -2.06. The van der Waals surface area contributed by atoms with Crippen LogP contribution in [0.5, 0.6) is 0 Å². The predicted molar refractivity (Wildman–Crippen MR) is 109 cm³/mol. The Morgan fingerprint density at radius 2 is 2.03 bits per heavy atom. The molecule has 1 amide bonds. The summed E-state index contributed by atoms with van der Waals surface area (Å²) in [5, 5.41) is 11.1. The minimum atomic E-state index is -0.0659. The molecule has 0 atom stereocenters. The number of imidazole rings is 1. The van der Waals surface area contributed by atoms with Crippen LogP contribution in [-0.4, -0.2) is 41.0 Å². The van der Waals surface area contributed by atoms with E-state index in [9.17, 15) is 4.79 Å².